The molecule has 15 nitrogen and oxygen atoms in total. The molecule has 218 valence electrons. The number of H-pyrrole nitrogens is 1. The van der Waals surface area contributed by atoms with Crippen molar-refractivity contribution in [1.82, 2.24) is 20.9 Å². The second-order valence-corrected chi connectivity index (χ2v) is 9.36. The van der Waals surface area contributed by atoms with Crippen molar-refractivity contribution in [3.8, 4) is 0 Å². The average molecular weight is 578 g/mol. The number of nitrogens with one attached hydrogen (secondary N) is 4. The van der Waals surface area contributed by atoms with Gasteiger partial charge in [-0.25, -0.2) is 4.79 Å². The lowest BCUT2D eigenvalue weighted by Crippen LogP contribution is -2.58. The number of carbonyl (C=O) groups excluding carboxylic acids is 4. The maximum atomic E-state index is 13.3. The molecule has 13 N–H and O–H groups in total. The van der Waals surface area contributed by atoms with Crippen LogP contribution in [0.1, 0.15) is 24.8 Å². The number of carboxylic acid groups (broad SMARTS) is 1. The predicted molar refractivity (Wildman–Crippen MR) is 151 cm³/mol. The van der Waals surface area contributed by atoms with Crippen LogP contribution in [-0.4, -0.2) is 82.1 Å². The van der Waals surface area contributed by atoms with E-state index < -0.39 is 60.2 Å². The van der Waals surface area contributed by atoms with Crippen LogP contribution in [0.3, 0.4) is 0 Å². The smallest absolute Gasteiger partial charge is 0.326 e. The van der Waals surface area contributed by atoms with E-state index in [1.165, 1.54) is 0 Å². The lowest BCUT2D eigenvalue weighted by Gasteiger charge is -2.24. The SMILES string of the molecule is NC(=O)CC(N)C(=O)NC(Cc1c[nH]c2ccccc12)C(=O)NC(CS)C(=O)NC(CCCN=C(N)N)C(=O)O. The zero-order valence-electron chi connectivity index (χ0n) is 21.6. The molecule has 0 aliphatic rings. The zero-order chi connectivity index (χ0) is 29.8. The fourth-order valence-electron chi connectivity index (χ4n) is 3.82. The second kappa shape index (κ2) is 15.3. The largest absolute Gasteiger partial charge is 0.480 e. The summed E-state index contributed by atoms with van der Waals surface area (Å²) in [5, 5.41) is 17.7. The van der Waals surface area contributed by atoms with E-state index in [9.17, 15) is 29.1 Å². The molecule has 0 fully saturated rings. The number of thiol groups is 1. The number of aliphatic carboxylic acids is 1. The van der Waals surface area contributed by atoms with Gasteiger partial charge in [-0.3, -0.25) is 24.2 Å². The van der Waals surface area contributed by atoms with E-state index in [-0.39, 0.29) is 37.5 Å². The molecular weight excluding hydrogens is 542 g/mol. The van der Waals surface area contributed by atoms with E-state index in [1.54, 1.807) is 6.20 Å². The van der Waals surface area contributed by atoms with Gasteiger partial charge in [0.05, 0.1) is 12.5 Å². The minimum absolute atomic E-state index is 0.00827. The first-order valence-corrected chi connectivity index (χ1v) is 12.9. The summed E-state index contributed by atoms with van der Waals surface area (Å²) < 4.78 is 0. The standard InChI is InChI=1S/C24H35N9O6S/c25-14(9-19(26)34)20(35)32-17(8-12-10-30-15-5-2-1-4-13(12)15)21(36)33-18(11-40)22(37)31-16(23(38)39)6-3-7-29-24(27)28/h1-2,4-5,10,14,16-18,30,40H,3,6-9,11,25H2,(H2,26,34)(H,31,37)(H,32,35)(H,33,36)(H,38,39)(H4,27,28,29). The molecule has 4 amide bonds. The number of carboxylic acids is 1. The zero-order valence-corrected chi connectivity index (χ0v) is 22.5. The Balaban J connectivity index is 2.18. The number of fused-ring (bicyclic) bond motifs is 1. The van der Waals surface area contributed by atoms with Gasteiger partial charge in [-0.15, -0.1) is 0 Å². The highest BCUT2D eigenvalue weighted by atomic mass is 32.1. The van der Waals surface area contributed by atoms with Crippen LogP contribution in [0, 0.1) is 0 Å². The Morgan fingerprint density at radius 1 is 0.950 bits per heavy atom. The fourth-order valence-corrected chi connectivity index (χ4v) is 4.07. The van der Waals surface area contributed by atoms with Crippen LogP contribution >= 0.6 is 12.6 Å². The first-order chi connectivity index (χ1) is 18.9. The number of aliphatic imine (C=N–C) groups is 1. The van der Waals surface area contributed by atoms with Gasteiger partial charge in [0.2, 0.25) is 23.6 Å². The van der Waals surface area contributed by atoms with Gasteiger partial charge in [0.1, 0.15) is 18.1 Å². The van der Waals surface area contributed by atoms with Crippen LogP contribution < -0.4 is 38.9 Å². The van der Waals surface area contributed by atoms with E-state index in [0.29, 0.717) is 5.56 Å². The summed E-state index contributed by atoms with van der Waals surface area (Å²) in [4.78, 5) is 68.5. The van der Waals surface area contributed by atoms with Gasteiger partial charge in [-0.2, -0.15) is 12.6 Å². The fraction of sp³-hybridized carbons (Fsp3) is 0.417. The molecule has 0 bridgehead atoms. The number of aromatic nitrogens is 1. The number of carbonyl (C=O) groups is 5. The molecule has 1 aromatic heterocycles. The van der Waals surface area contributed by atoms with Gasteiger partial charge in [0.25, 0.3) is 0 Å². The van der Waals surface area contributed by atoms with Gasteiger partial charge in [0.15, 0.2) is 5.96 Å². The van der Waals surface area contributed by atoms with Crippen LogP contribution in [0.5, 0.6) is 0 Å². The quantitative estimate of drug-likeness (QED) is 0.0434. The molecule has 0 aliphatic heterocycles. The summed E-state index contributed by atoms with van der Waals surface area (Å²) >= 11 is 4.13. The third kappa shape index (κ3) is 9.77. The van der Waals surface area contributed by atoms with Gasteiger partial charge < -0.3 is 49.0 Å². The molecule has 1 heterocycles. The van der Waals surface area contributed by atoms with Gasteiger partial charge >= 0.3 is 5.97 Å². The summed E-state index contributed by atoms with van der Waals surface area (Å²) in [5.41, 5.74) is 22.9. The van der Waals surface area contributed by atoms with Crippen molar-refractivity contribution in [3.05, 3.63) is 36.0 Å². The van der Waals surface area contributed by atoms with E-state index in [0.717, 1.165) is 10.9 Å². The lowest BCUT2D eigenvalue weighted by atomic mass is 10.0. The van der Waals surface area contributed by atoms with E-state index in [1.807, 2.05) is 24.3 Å². The van der Waals surface area contributed by atoms with Gasteiger partial charge in [0, 0.05) is 35.8 Å². The van der Waals surface area contributed by atoms with Crippen LogP contribution in [0.25, 0.3) is 10.9 Å². The third-order valence-corrected chi connectivity index (χ3v) is 6.23. The summed E-state index contributed by atoms with van der Waals surface area (Å²) in [7, 11) is 0. The highest BCUT2D eigenvalue weighted by molar-refractivity contribution is 7.80. The van der Waals surface area contributed by atoms with Crippen molar-refractivity contribution in [2.24, 2.45) is 27.9 Å². The Morgan fingerprint density at radius 3 is 2.20 bits per heavy atom. The number of hydrogen-bond acceptors (Lipinski definition) is 8. The summed E-state index contributed by atoms with van der Waals surface area (Å²) in [6.45, 7) is 0.168. The Bertz CT molecular complexity index is 1250. The Hall–Kier alpha value is -4.31. The van der Waals surface area contributed by atoms with Crippen LogP contribution in [-0.2, 0) is 30.4 Å². The minimum atomic E-state index is -1.30. The number of nitrogens with two attached hydrogens (primary N) is 4. The van der Waals surface area contributed by atoms with Crippen LogP contribution in [0.15, 0.2) is 35.5 Å². The van der Waals surface area contributed by atoms with E-state index >= 15 is 0 Å². The molecule has 4 atom stereocenters. The normalized spacial score (nSPS) is 13.8. The number of nitrogens with zero attached hydrogens (tertiary/aromatic N) is 1. The minimum Gasteiger partial charge on any atom is -0.480 e. The molecule has 2 rings (SSSR count). The third-order valence-electron chi connectivity index (χ3n) is 5.87. The molecule has 16 heteroatoms. The van der Waals surface area contributed by atoms with Gasteiger partial charge in [-0.05, 0) is 24.5 Å². The van der Waals surface area contributed by atoms with Crippen molar-refractivity contribution in [1.29, 1.82) is 0 Å². The topological polar surface area (TPSA) is 274 Å². The number of benzene rings is 1. The summed E-state index contributed by atoms with van der Waals surface area (Å²) in [5.74, 6) is -4.73. The number of aromatic amines is 1. The molecule has 4 unspecified atom stereocenters. The molecular formula is C24H35N9O6S. The van der Waals surface area contributed by atoms with Crippen LogP contribution in [0.4, 0.5) is 0 Å². The molecule has 40 heavy (non-hydrogen) atoms. The lowest BCUT2D eigenvalue weighted by molar-refractivity contribution is -0.142. The van der Waals surface area contributed by atoms with Crippen molar-refractivity contribution in [3.63, 3.8) is 0 Å². The highest BCUT2D eigenvalue weighted by Gasteiger charge is 2.30. The summed E-state index contributed by atoms with van der Waals surface area (Å²) in [6, 6.07) is 2.30. The average Bonchev–Trinajstić information content (AvgIpc) is 3.30. The number of hydrogen-bond donors (Lipinski definition) is 10. The number of guanidine groups is 1. The van der Waals surface area contributed by atoms with Crippen molar-refractivity contribution < 1.29 is 29.1 Å². The first kappa shape index (κ1) is 31.9. The molecule has 0 spiro atoms. The van der Waals surface area contributed by atoms with Crippen molar-refractivity contribution in [2.75, 3.05) is 12.3 Å². The molecule has 0 aliphatic carbocycles. The Kier molecular flexibility index (Phi) is 12.2. The number of para-hydroxylation sites is 1. The number of amides is 4. The summed E-state index contributed by atoms with van der Waals surface area (Å²) in [6.07, 6.45) is 1.56. The van der Waals surface area contributed by atoms with Crippen molar-refractivity contribution >= 4 is 59.1 Å². The molecule has 1 aromatic carbocycles. The van der Waals surface area contributed by atoms with Gasteiger partial charge in [-0.1, -0.05) is 18.2 Å². The number of rotatable bonds is 16. The maximum absolute atomic E-state index is 13.3. The molecule has 0 radical (unpaired) electrons. The molecule has 0 saturated heterocycles. The first-order valence-electron chi connectivity index (χ1n) is 12.3. The number of primary amides is 1. The predicted octanol–water partition coefficient (Wildman–Crippen LogP) is -2.56. The monoisotopic (exact) mass is 577 g/mol. The molecule has 2 aromatic rings. The Labute approximate surface area is 235 Å². The second-order valence-electron chi connectivity index (χ2n) is 8.99. The maximum Gasteiger partial charge on any atom is 0.326 e. The molecule has 0 saturated carbocycles. The van der Waals surface area contributed by atoms with E-state index in [4.69, 9.17) is 22.9 Å². The Morgan fingerprint density at radius 2 is 1.57 bits per heavy atom. The van der Waals surface area contributed by atoms with Crippen molar-refractivity contribution in [2.45, 2.75) is 49.9 Å². The van der Waals surface area contributed by atoms with E-state index in [2.05, 4.69) is 38.6 Å². The highest BCUT2D eigenvalue weighted by Crippen LogP contribution is 2.19. The van der Waals surface area contributed by atoms with Crippen LogP contribution in [0.2, 0.25) is 0 Å².